The lowest BCUT2D eigenvalue weighted by atomic mass is 9.92. The molecule has 3 heterocycles. The Labute approximate surface area is 143 Å². The number of nitrogens with zero attached hydrogens (tertiary/aromatic N) is 2. The van der Waals surface area contributed by atoms with Gasteiger partial charge in [-0.2, -0.15) is 11.3 Å². The molecule has 0 spiro atoms. The van der Waals surface area contributed by atoms with E-state index in [1.807, 2.05) is 0 Å². The first kappa shape index (κ1) is 16.9. The second-order valence-electron chi connectivity index (χ2n) is 6.72. The molecule has 0 N–H and O–H groups in total. The maximum atomic E-state index is 12.8. The van der Waals surface area contributed by atoms with Crippen molar-refractivity contribution in [1.82, 2.24) is 9.80 Å². The lowest BCUT2D eigenvalue weighted by Crippen LogP contribution is -2.51. The topological polar surface area (TPSA) is 32.8 Å². The lowest BCUT2D eigenvalue weighted by molar-refractivity contribution is -0.142. The second kappa shape index (κ2) is 7.77. The van der Waals surface area contributed by atoms with Crippen molar-refractivity contribution in [3.05, 3.63) is 22.4 Å². The van der Waals surface area contributed by atoms with Crippen LogP contribution in [-0.4, -0.2) is 54.6 Å². The van der Waals surface area contributed by atoms with Crippen molar-refractivity contribution >= 4 is 17.2 Å². The SMILES string of the molecule is CC[C@@H]1C[C@@H](C(=O)N2CCN([C@H](C)c3ccsc3)CC2)CCO1. The normalized spacial score (nSPS) is 27.8. The molecular formula is C18H28N2O2S. The number of hydrogen-bond acceptors (Lipinski definition) is 4. The zero-order valence-corrected chi connectivity index (χ0v) is 15.1. The molecule has 0 radical (unpaired) electrons. The number of piperazine rings is 1. The minimum absolute atomic E-state index is 0.176. The molecule has 1 aromatic rings. The maximum absolute atomic E-state index is 12.8. The third-order valence-electron chi connectivity index (χ3n) is 5.37. The van der Waals surface area contributed by atoms with Crippen LogP contribution in [0, 0.1) is 5.92 Å². The summed E-state index contributed by atoms with van der Waals surface area (Å²) in [7, 11) is 0. The van der Waals surface area contributed by atoms with Crippen LogP contribution in [0.4, 0.5) is 0 Å². The summed E-state index contributed by atoms with van der Waals surface area (Å²) in [6.07, 6.45) is 3.08. The smallest absolute Gasteiger partial charge is 0.225 e. The Balaban J connectivity index is 1.51. The summed E-state index contributed by atoms with van der Waals surface area (Å²) in [6.45, 7) is 8.82. The Morgan fingerprint density at radius 2 is 2.17 bits per heavy atom. The van der Waals surface area contributed by atoms with Crippen LogP contribution in [0.1, 0.15) is 44.7 Å². The van der Waals surface area contributed by atoms with Gasteiger partial charge >= 0.3 is 0 Å². The fourth-order valence-electron chi connectivity index (χ4n) is 3.70. The fourth-order valence-corrected chi connectivity index (χ4v) is 4.45. The highest BCUT2D eigenvalue weighted by molar-refractivity contribution is 7.07. The second-order valence-corrected chi connectivity index (χ2v) is 7.50. The van der Waals surface area contributed by atoms with E-state index in [1.54, 1.807) is 11.3 Å². The number of rotatable bonds is 4. The van der Waals surface area contributed by atoms with Gasteiger partial charge in [-0.3, -0.25) is 9.69 Å². The molecule has 4 nitrogen and oxygen atoms in total. The number of carbonyl (C=O) groups excluding carboxylic acids is 1. The Hall–Kier alpha value is -0.910. The molecule has 0 saturated carbocycles. The average Bonchev–Trinajstić information content (AvgIpc) is 3.15. The van der Waals surface area contributed by atoms with Gasteiger partial charge in [-0.15, -0.1) is 0 Å². The number of thiophene rings is 1. The van der Waals surface area contributed by atoms with Crippen molar-refractivity contribution in [2.24, 2.45) is 5.92 Å². The van der Waals surface area contributed by atoms with Crippen LogP contribution >= 0.6 is 11.3 Å². The van der Waals surface area contributed by atoms with Crippen LogP contribution < -0.4 is 0 Å². The highest BCUT2D eigenvalue weighted by atomic mass is 32.1. The van der Waals surface area contributed by atoms with Crippen molar-refractivity contribution in [3.8, 4) is 0 Å². The molecule has 2 fully saturated rings. The molecule has 1 aromatic heterocycles. The molecule has 0 aromatic carbocycles. The van der Waals surface area contributed by atoms with E-state index in [4.69, 9.17) is 4.74 Å². The third kappa shape index (κ3) is 3.95. The van der Waals surface area contributed by atoms with E-state index in [0.29, 0.717) is 11.9 Å². The fraction of sp³-hybridized carbons (Fsp3) is 0.722. The lowest BCUT2D eigenvalue weighted by Gasteiger charge is -2.40. The predicted molar refractivity (Wildman–Crippen MR) is 93.6 cm³/mol. The molecule has 0 aliphatic carbocycles. The molecule has 128 valence electrons. The zero-order valence-electron chi connectivity index (χ0n) is 14.2. The number of carbonyl (C=O) groups is 1. The van der Waals surface area contributed by atoms with Gasteiger partial charge < -0.3 is 9.64 Å². The van der Waals surface area contributed by atoms with Crippen molar-refractivity contribution in [1.29, 1.82) is 0 Å². The van der Waals surface area contributed by atoms with Crippen LogP contribution in [-0.2, 0) is 9.53 Å². The first-order valence-electron chi connectivity index (χ1n) is 8.85. The van der Waals surface area contributed by atoms with Crippen molar-refractivity contribution in [2.75, 3.05) is 32.8 Å². The Morgan fingerprint density at radius 3 is 2.83 bits per heavy atom. The van der Waals surface area contributed by atoms with Crippen LogP contribution in [0.25, 0.3) is 0 Å². The quantitative estimate of drug-likeness (QED) is 0.847. The van der Waals surface area contributed by atoms with Crippen LogP contribution in [0.3, 0.4) is 0 Å². The number of hydrogen-bond donors (Lipinski definition) is 0. The van der Waals surface area contributed by atoms with Gasteiger partial charge in [0, 0.05) is 44.7 Å². The highest BCUT2D eigenvalue weighted by Gasteiger charge is 2.32. The summed E-state index contributed by atoms with van der Waals surface area (Å²) in [5.74, 6) is 0.532. The van der Waals surface area contributed by atoms with E-state index in [2.05, 4.69) is 40.5 Å². The molecule has 3 rings (SSSR count). The molecule has 0 unspecified atom stereocenters. The van der Waals surface area contributed by atoms with Crippen LogP contribution in [0.5, 0.6) is 0 Å². The van der Waals surface area contributed by atoms with Crippen LogP contribution in [0.2, 0.25) is 0 Å². The Kier molecular flexibility index (Phi) is 5.72. The summed E-state index contributed by atoms with van der Waals surface area (Å²) in [5, 5.41) is 4.37. The first-order chi connectivity index (χ1) is 11.2. The maximum Gasteiger partial charge on any atom is 0.225 e. The van der Waals surface area contributed by atoms with Gasteiger partial charge in [0.15, 0.2) is 0 Å². The zero-order chi connectivity index (χ0) is 16.2. The molecule has 2 saturated heterocycles. The van der Waals surface area contributed by atoms with Gasteiger partial charge in [0.25, 0.3) is 0 Å². The molecule has 3 atom stereocenters. The van der Waals surface area contributed by atoms with Gasteiger partial charge in [-0.1, -0.05) is 6.92 Å². The standard InChI is InChI=1S/C18H28N2O2S/c1-3-17-12-15(4-10-22-17)18(21)20-8-6-19(7-9-20)14(2)16-5-11-23-13-16/h5,11,13-15,17H,3-4,6-10,12H2,1-2H3/t14-,15+,17-/m1/s1. The van der Waals surface area contributed by atoms with Crippen molar-refractivity contribution in [2.45, 2.75) is 45.3 Å². The minimum Gasteiger partial charge on any atom is -0.378 e. The van der Waals surface area contributed by atoms with Gasteiger partial charge in [0.1, 0.15) is 0 Å². The van der Waals surface area contributed by atoms with Gasteiger partial charge in [0.05, 0.1) is 6.10 Å². The van der Waals surface area contributed by atoms with E-state index < -0.39 is 0 Å². The molecular weight excluding hydrogens is 308 g/mol. The number of ether oxygens (including phenoxy) is 1. The first-order valence-corrected chi connectivity index (χ1v) is 9.79. The third-order valence-corrected chi connectivity index (χ3v) is 6.07. The van der Waals surface area contributed by atoms with Gasteiger partial charge in [-0.25, -0.2) is 0 Å². The summed E-state index contributed by atoms with van der Waals surface area (Å²) < 4.78 is 5.71. The summed E-state index contributed by atoms with van der Waals surface area (Å²) in [4.78, 5) is 17.3. The molecule has 23 heavy (non-hydrogen) atoms. The van der Waals surface area contributed by atoms with E-state index in [9.17, 15) is 4.79 Å². The molecule has 0 bridgehead atoms. The number of amides is 1. The molecule has 2 aliphatic rings. The van der Waals surface area contributed by atoms with Crippen molar-refractivity contribution in [3.63, 3.8) is 0 Å². The minimum atomic E-state index is 0.176. The molecule has 1 amide bonds. The average molecular weight is 337 g/mol. The Morgan fingerprint density at radius 1 is 1.39 bits per heavy atom. The summed E-state index contributed by atoms with van der Waals surface area (Å²) in [5.41, 5.74) is 1.39. The molecule has 5 heteroatoms. The van der Waals surface area contributed by atoms with E-state index in [-0.39, 0.29) is 12.0 Å². The Bertz CT molecular complexity index is 497. The van der Waals surface area contributed by atoms with Gasteiger partial charge in [-0.05, 0) is 48.6 Å². The predicted octanol–water partition coefficient (Wildman–Crippen LogP) is 3.16. The highest BCUT2D eigenvalue weighted by Crippen LogP contribution is 2.27. The van der Waals surface area contributed by atoms with Gasteiger partial charge in [0.2, 0.25) is 5.91 Å². The summed E-state index contributed by atoms with van der Waals surface area (Å²) >= 11 is 1.76. The largest absolute Gasteiger partial charge is 0.378 e. The molecule has 2 aliphatic heterocycles. The van der Waals surface area contributed by atoms with Crippen LogP contribution in [0.15, 0.2) is 16.8 Å². The van der Waals surface area contributed by atoms with E-state index >= 15 is 0 Å². The van der Waals surface area contributed by atoms with E-state index in [1.165, 1.54) is 5.56 Å². The van der Waals surface area contributed by atoms with E-state index in [0.717, 1.165) is 52.0 Å². The summed E-state index contributed by atoms with van der Waals surface area (Å²) in [6, 6.07) is 2.66. The van der Waals surface area contributed by atoms with Crippen molar-refractivity contribution < 1.29 is 9.53 Å². The monoisotopic (exact) mass is 336 g/mol.